The molecule has 0 unspecified atom stereocenters. The molecule has 4 bridgehead atoms. The highest BCUT2D eigenvalue weighted by Gasteiger charge is 2.52. The van der Waals surface area contributed by atoms with Crippen molar-refractivity contribution < 1.29 is 34.0 Å². The van der Waals surface area contributed by atoms with Gasteiger partial charge >= 0.3 is 5.97 Å². The number of ether oxygens (including phenoxy) is 4. The van der Waals surface area contributed by atoms with Gasteiger partial charge in [-0.3, -0.25) is 0 Å². The first-order valence-corrected chi connectivity index (χ1v) is 10.4. The Morgan fingerprint density at radius 2 is 1.21 bits per heavy atom. The number of rotatable bonds is 12. The van der Waals surface area contributed by atoms with E-state index in [0.717, 1.165) is 37.0 Å². The van der Waals surface area contributed by atoms with Gasteiger partial charge in [0.2, 0.25) is 0 Å². The summed E-state index contributed by atoms with van der Waals surface area (Å²) in [5.41, 5.74) is -0.0972. The molecule has 7 nitrogen and oxygen atoms in total. The summed E-state index contributed by atoms with van der Waals surface area (Å²) in [5.74, 6) is 2.26. The Balaban J connectivity index is 0.000000204. The van der Waals surface area contributed by atoms with Crippen molar-refractivity contribution in [3.8, 4) is 0 Å². The molecule has 4 aliphatic rings. The SMILES string of the molecule is C=CC(=O)OC12CC3CC(CC(C3)C1)C2.OCCOCCOCCOCCO. The van der Waals surface area contributed by atoms with Gasteiger partial charge < -0.3 is 29.2 Å². The van der Waals surface area contributed by atoms with Crippen LogP contribution in [-0.4, -0.2) is 74.6 Å². The fraction of sp³-hybridized carbons (Fsp3) is 0.857. The quantitative estimate of drug-likeness (QED) is 0.292. The Hall–Kier alpha value is -0.990. The molecule has 0 aliphatic heterocycles. The molecule has 4 rings (SSSR count). The van der Waals surface area contributed by atoms with Gasteiger partial charge in [-0.1, -0.05) is 6.58 Å². The molecule has 2 N–H and O–H groups in total. The zero-order valence-corrected chi connectivity index (χ0v) is 16.9. The van der Waals surface area contributed by atoms with Gasteiger partial charge in [-0.05, 0) is 56.3 Å². The lowest BCUT2D eigenvalue weighted by atomic mass is 9.54. The van der Waals surface area contributed by atoms with E-state index in [-0.39, 0.29) is 24.8 Å². The first-order valence-electron chi connectivity index (χ1n) is 10.4. The van der Waals surface area contributed by atoms with E-state index in [1.54, 1.807) is 0 Å². The summed E-state index contributed by atoms with van der Waals surface area (Å²) >= 11 is 0. The second kappa shape index (κ2) is 12.5. The van der Waals surface area contributed by atoms with Crippen molar-refractivity contribution >= 4 is 5.97 Å². The molecule has 0 aromatic rings. The second-order valence-corrected chi connectivity index (χ2v) is 8.01. The Morgan fingerprint density at radius 3 is 1.57 bits per heavy atom. The van der Waals surface area contributed by atoms with Gasteiger partial charge in [0.05, 0.1) is 52.9 Å². The van der Waals surface area contributed by atoms with E-state index in [1.165, 1.54) is 25.3 Å². The van der Waals surface area contributed by atoms with Crippen molar-refractivity contribution in [3.63, 3.8) is 0 Å². The number of hydrogen-bond acceptors (Lipinski definition) is 7. The molecule has 4 fully saturated rings. The summed E-state index contributed by atoms with van der Waals surface area (Å²) in [6.45, 7) is 6.25. The molecule has 28 heavy (non-hydrogen) atoms. The average molecular weight is 401 g/mol. The predicted octanol–water partition coefficient (Wildman–Crippen LogP) is 1.71. The summed E-state index contributed by atoms with van der Waals surface area (Å²) in [4.78, 5) is 11.4. The van der Waals surface area contributed by atoms with Crippen molar-refractivity contribution in [2.24, 2.45) is 17.8 Å². The molecule has 4 aliphatic carbocycles. The zero-order chi connectivity index (χ0) is 20.2. The molecule has 0 aromatic heterocycles. The van der Waals surface area contributed by atoms with Gasteiger partial charge in [-0.25, -0.2) is 4.79 Å². The second-order valence-electron chi connectivity index (χ2n) is 8.01. The van der Waals surface area contributed by atoms with E-state index in [4.69, 9.17) is 29.2 Å². The van der Waals surface area contributed by atoms with Crippen molar-refractivity contribution in [2.45, 2.75) is 44.1 Å². The van der Waals surface area contributed by atoms with Gasteiger partial charge in [0.15, 0.2) is 0 Å². The van der Waals surface area contributed by atoms with Gasteiger partial charge in [0.25, 0.3) is 0 Å². The van der Waals surface area contributed by atoms with Gasteiger partial charge in [0.1, 0.15) is 5.60 Å². The lowest BCUT2D eigenvalue weighted by Gasteiger charge is -2.55. The van der Waals surface area contributed by atoms with Crippen LogP contribution in [0.3, 0.4) is 0 Å². The average Bonchev–Trinajstić information content (AvgIpc) is 2.66. The zero-order valence-electron chi connectivity index (χ0n) is 16.9. The molecular weight excluding hydrogens is 364 g/mol. The van der Waals surface area contributed by atoms with E-state index >= 15 is 0 Å². The highest BCUT2D eigenvalue weighted by Crippen LogP contribution is 2.57. The summed E-state index contributed by atoms with van der Waals surface area (Å²) in [7, 11) is 0. The van der Waals surface area contributed by atoms with E-state index in [9.17, 15) is 4.79 Å². The highest BCUT2D eigenvalue weighted by molar-refractivity contribution is 5.81. The van der Waals surface area contributed by atoms with Crippen LogP contribution in [0, 0.1) is 17.8 Å². The Bertz CT molecular complexity index is 420. The van der Waals surface area contributed by atoms with Crippen molar-refractivity contribution in [2.75, 3.05) is 52.9 Å². The van der Waals surface area contributed by atoms with Gasteiger partial charge in [0, 0.05) is 6.08 Å². The molecule has 0 atom stereocenters. The highest BCUT2D eigenvalue weighted by atomic mass is 16.6. The summed E-state index contributed by atoms with van der Waals surface area (Å²) in [5, 5.41) is 16.7. The normalized spacial score (nSPS) is 29.9. The van der Waals surface area contributed by atoms with Crippen LogP contribution in [0.1, 0.15) is 38.5 Å². The molecule has 0 radical (unpaired) electrons. The van der Waals surface area contributed by atoms with E-state index in [1.807, 2.05) is 0 Å². The van der Waals surface area contributed by atoms with Crippen molar-refractivity contribution in [1.82, 2.24) is 0 Å². The van der Waals surface area contributed by atoms with Crippen molar-refractivity contribution in [3.05, 3.63) is 12.7 Å². The molecule has 4 saturated carbocycles. The molecule has 0 heterocycles. The molecule has 162 valence electrons. The third-order valence-electron chi connectivity index (χ3n) is 5.68. The van der Waals surface area contributed by atoms with Crippen molar-refractivity contribution in [1.29, 1.82) is 0 Å². The maximum absolute atomic E-state index is 11.4. The molecule has 7 heteroatoms. The van der Waals surface area contributed by atoms with E-state index in [2.05, 4.69) is 6.58 Å². The molecule has 0 aromatic carbocycles. The monoisotopic (exact) mass is 400 g/mol. The minimum absolute atomic E-state index is 0.0413. The fourth-order valence-electron chi connectivity index (χ4n) is 5.08. The Kier molecular flexibility index (Phi) is 10.4. The topological polar surface area (TPSA) is 94.5 Å². The summed E-state index contributed by atoms with van der Waals surface area (Å²) in [6, 6.07) is 0. The van der Waals surface area contributed by atoms with Crippen LogP contribution >= 0.6 is 0 Å². The minimum atomic E-state index is -0.225. The van der Waals surface area contributed by atoms with Crippen LogP contribution in [0.25, 0.3) is 0 Å². The first-order chi connectivity index (χ1) is 13.6. The lowest BCUT2D eigenvalue weighted by Crippen LogP contribution is -2.52. The number of esters is 1. The molecule has 0 amide bonds. The number of carbonyl (C=O) groups is 1. The minimum Gasteiger partial charge on any atom is -0.456 e. The number of aliphatic hydroxyl groups is 2. The van der Waals surface area contributed by atoms with Crippen LogP contribution in [0.5, 0.6) is 0 Å². The van der Waals surface area contributed by atoms with Crippen LogP contribution in [0.4, 0.5) is 0 Å². The fourth-order valence-corrected chi connectivity index (χ4v) is 5.08. The van der Waals surface area contributed by atoms with Gasteiger partial charge in [-0.2, -0.15) is 0 Å². The molecular formula is C21H36O7. The molecule has 0 saturated heterocycles. The van der Waals surface area contributed by atoms with Crippen LogP contribution in [-0.2, 0) is 23.7 Å². The molecule has 0 spiro atoms. The summed E-state index contributed by atoms with van der Waals surface area (Å²) in [6.07, 6.45) is 8.77. The standard InChI is InChI=1S/C13H18O2.C8H18O5/c1-2-12(14)15-13-6-9-3-10(7-13)5-11(4-9)8-13;9-1-3-11-5-7-13-8-6-12-4-2-10/h2,9-11H,1,3-8H2;9-10H,1-8H2. The summed E-state index contributed by atoms with van der Waals surface area (Å²) < 4.78 is 20.7. The van der Waals surface area contributed by atoms with Crippen LogP contribution in [0.15, 0.2) is 12.7 Å². The predicted molar refractivity (Wildman–Crippen MR) is 104 cm³/mol. The third-order valence-corrected chi connectivity index (χ3v) is 5.68. The van der Waals surface area contributed by atoms with E-state index < -0.39 is 0 Å². The number of aliphatic hydroxyl groups excluding tert-OH is 2. The lowest BCUT2D eigenvalue weighted by molar-refractivity contribution is -0.181. The maximum atomic E-state index is 11.4. The van der Waals surface area contributed by atoms with Crippen LogP contribution in [0.2, 0.25) is 0 Å². The largest absolute Gasteiger partial charge is 0.456 e. The smallest absolute Gasteiger partial charge is 0.330 e. The Labute approximate surface area is 168 Å². The van der Waals surface area contributed by atoms with Crippen LogP contribution < -0.4 is 0 Å². The van der Waals surface area contributed by atoms with E-state index in [0.29, 0.717) is 39.6 Å². The Morgan fingerprint density at radius 1 is 0.821 bits per heavy atom. The third kappa shape index (κ3) is 7.79. The first kappa shape index (κ1) is 23.3. The van der Waals surface area contributed by atoms with Gasteiger partial charge in [-0.15, -0.1) is 0 Å². The number of carbonyl (C=O) groups excluding carboxylic acids is 1. The maximum Gasteiger partial charge on any atom is 0.330 e. The number of hydrogen-bond donors (Lipinski definition) is 2.